The molecule has 208 valence electrons. The zero-order valence-electron chi connectivity index (χ0n) is 22.5. The molecule has 0 saturated carbocycles. The zero-order valence-corrected chi connectivity index (χ0v) is 23.3. The normalized spacial score (nSPS) is 17.2. The highest BCUT2D eigenvalue weighted by Crippen LogP contribution is 2.35. The lowest BCUT2D eigenvalue weighted by atomic mass is 10.1. The van der Waals surface area contributed by atoms with Gasteiger partial charge in [0.15, 0.2) is 11.5 Å². The number of halogens is 2. The highest BCUT2D eigenvalue weighted by atomic mass is 35.5. The average Bonchev–Trinajstić information content (AvgIpc) is 3.34. The van der Waals surface area contributed by atoms with Gasteiger partial charge in [-0.05, 0) is 48.2 Å². The first-order chi connectivity index (χ1) is 18.9. The van der Waals surface area contributed by atoms with Crippen LogP contribution in [-0.2, 0) is 24.3 Å². The number of methoxy groups -OCH3 is 3. The first-order valence-corrected chi connectivity index (χ1v) is 13.3. The second kappa shape index (κ2) is 13.6. The van der Waals surface area contributed by atoms with Gasteiger partial charge in [0.25, 0.3) is 0 Å². The molecular formula is C30H35ClFN3O4. The minimum Gasteiger partial charge on any atom is -0.496 e. The number of benzene rings is 3. The number of amides is 1. The van der Waals surface area contributed by atoms with Crippen LogP contribution in [0.2, 0.25) is 5.02 Å². The standard InChI is InChI=1S/C30H35ClFN3O4/c1-37-27-16-29(39-3)28(38-2)14-22(27)17-34-24-15-26(35(19-24)18-20-7-6-9-23(31)13-20)30(36)33-12-11-21-8-4-5-10-25(21)32/h4-10,13-14,16,24,26,34H,11-12,15,17-19H2,1-3H3,(H,33,36)/t24-,26-/m0/s1. The van der Waals surface area contributed by atoms with E-state index in [0.29, 0.717) is 66.9 Å². The van der Waals surface area contributed by atoms with Gasteiger partial charge in [0.2, 0.25) is 5.91 Å². The quantitative estimate of drug-likeness (QED) is 0.340. The molecule has 4 rings (SSSR count). The number of nitrogens with zero attached hydrogens (tertiary/aromatic N) is 1. The monoisotopic (exact) mass is 555 g/mol. The van der Waals surface area contributed by atoms with Gasteiger partial charge >= 0.3 is 0 Å². The van der Waals surface area contributed by atoms with Gasteiger partial charge in [0.05, 0.1) is 27.4 Å². The van der Waals surface area contributed by atoms with Crippen LogP contribution in [0.15, 0.2) is 60.7 Å². The molecule has 1 fully saturated rings. The zero-order chi connectivity index (χ0) is 27.8. The Kier molecular flexibility index (Phi) is 10.0. The Morgan fingerprint density at radius 3 is 2.44 bits per heavy atom. The summed E-state index contributed by atoms with van der Waals surface area (Å²) in [7, 11) is 4.81. The van der Waals surface area contributed by atoms with E-state index < -0.39 is 0 Å². The van der Waals surface area contributed by atoms with Crippen LogP contribution in [0.3, 0.4) is 0 Å². The Hall–Kier alpha value is -3.33. The van der Waals surface area contributed by atoms with Gasteiger partial charge in [-0.1, -0.05) is 41.9 Å². The maximum Gasteiger partial charge on any atom is 0.237 e. The molecule has 1 aliphatic rings. The number of rotatable bonds is 12. The van der Waals surface area contributed by atoms with Crippen molar-refractivity contribution in [2.75, 3.05) is 34.4 Å². The largest absolute Gasteiger partial charge is 0.496 e. The summed E-state index contributed by atoms with van der Waals surface area (Å²) in [6.45, 7) is 2.15. The van der Waals surface area contributed by atoms with Crippen LogP contribution in [0.5, 0.6) is 17.2 Å². The topological polar surface area (TPSA) is 72.1 Å². The fourth-order valence-corrected chi connectivity index (χ4v) is 5.21. The molecular weight excluding hydrogens is 521 g/mol. The molecule has 1 saturated heterocycles. The minimum absolute atomic E-state index is 0.0595. The van der Waals surface area contributed by atoms with Crippen molar-refractivity contribution in [3.63, 3.8) is 0 Å². The molecule has 1 aliphatic heterocycles. The minimum atomic E-state index is -0.339. The lowest BCUT2D eigenvalue weighted by Crippen LogP contribution is -2.43. The molecule has 2 atom stereocenters. The van der Waals surface area contributed by atoms with E-state index in [1.54, 1.807) is 39.5 Å². The van der Waals surface area contributed by atoms with E-state index >= 15 is 0 Å². The summed E-state index contributed by atoms with van der Waals surface area (Å²) < 4.78 is 30.4. The highest BCUT2D eigenvalue weighted by Gasteiger charge is 2.36. The Morgan fingerprint density at radius 1 is 0.974 bits per heavy atom. The fraction of sp³-hybridized carbons (Fsp3) is 0.367. The predicted octanol–water partition coefficient (Wildman–Crippen LogP) is 4.60. The second-order valence-electron chi connectivity index (χ2n) is 9.54. The second-order valence-corrected chi connectivity index (χ2v) is 9.98. The Balaban J connectivity index is 1.44. The van der Waals surface area contributed by atoms with E-state index in [2.05, 4.69) is 15.5 Å². The Labute approximate surface area is 234 Å². The van der Waals surface area contributed by atoms with Crippen molar-refractivity contribution in [3.05, 3.63) is 88.2 Å². The fourth-order valence-electron chi connectivity index (χ4n) is 4.99. The van der Waals surface area contributed by atoms with Crippen molar-refractivity contribution in [2.45, 2.75) is 38.0 Å². The summed E-state index contributed by atoms with van der Waals surface area (Å²) >= 11 is 6.22. The molecule has 0 aromatic heterocycles. The Bertz CT molecular complexity index is 1270. The first kappa shape index (κ1) is 28.7. The maximum absolute atomic E-state index is 14.0. The summed E-state index contributed by atoms with van der Waals surface area (Å²) in [5, 5.41) is 7.27. The van der Waals surface area contributed by atoms with E-state index in [4.69, 9.17) is 25.8 Å². The molecule has 3 aromatic carbocycles. The predicted molar refractivity (Wildman–Crippen MR) is 150 cm³/mol. The molecule has 9 heteroatoms. The molecule has 39 heavy (non-hydrogen) atoms. The van der Waals surface area contributed by atoms with Crippen molar-refractivity contribution in [1.29, 1.82) is 0 Å². The van der Waals surface area contributed by atoms with Gasteiger partial charge < -0.3 is 24.8 Å². The van der Waals surface area contributed by atoms with Crippen LogP contribution in [-0.4, -0.2) is 57.3 Å². The third-order valence-corrected chi connectivity index (χ3v) is 7.24. The number of hydrogen-bond donors (Lipinski definition) is 2. The number of likely N-dealkylation sites (tertiary alicyclic amines) is 1. The van der Waals surface area contributed by atoms with Gasteiger partial charge in [-0.25, -0.2) is 4.39 Å². The summed E-state index contributed by atoms with van der Waals surface area (Å²) in [6.07, 6.45) is 1.06. The molecule has 0 unspecified atom stereocenters. The summed E-state index contributed by atoms with van der Waals surface area (Å²) in [5.74, 6) is 1.58. The molecule has 1 amide bonds. The van der Waals surface area contributed by atoms with E-state index in [1.165, 1.54) is 6.07 Å². The number of hydrogen-bond acceptors (Lipinski definition) is 6. The third-order valence-electron chi connectivity index (χ3n) is 7.00. The van der Waals surface area contributed by atoms with Crippen LogP contribution in [0.25, 0.3) is 0 Å². The highest BCUT2D eigenvalue weighted by molar-refractivity contribution is 6.30. The van der Waals surface area contributed by atoms with Gasteiger partial charge in [-0.3, -0.25) is 9.69 Å². The van der Waals surface area contributed by atoms with Crippen molar-refractivity contribution in [3.8, 4) is 17.2 Å². The number of ether oxygens (including phenoxy) is 3. The summed E-state index contributed by atoms with van der Waals surface area (Å²) in [5.41, 5.74) is 2.55. The molecule has 1 heterocycles. The lowest BCUT2D eigenvalue weighted by Gasteiger charge is -2.23. The maximum atomic E-state index is 14.0. The molecule has 7 nitrogen and oxygen atoms in total. The van der Waals surface area contributed by atoms with E-state index in [1.807, 2.05) is 36.4 Å². The number of nitrogens with one attached hydrogen (secondary N) is 2. The SMILES string of the molecule is COc1cc(OC)c(OC)cc1CN[C@H]1C[C@@H](C(=O)NCCc2ccccc2F)N(Cc2cccc(Cl)c2)C1. The molecule has 0 aliphatic carbocycles. The van der Waals surface area contributed by atoms with Gasteiger partial charge in [0, 0.05) is 48.9 Å². The van der Waals surface area contributed by atoms with Crippen LogP contribution in [0, 0.1) is 5.82 Å². The van der Waals surface area contributed by atoms with Crippen LogP contribution >= 0.6 is 11.6 Å². The molecule has 0 spiro atoms. The number of carbonyl (C=O) groups excluding carboxylic acids is 1. The van der Waals surface area contributed by atoms with Gasteiger partial charge in [0.1, 0.15) is 11.6 Å². The third kappa shape index (κ3) is 7.41. The Morgan fingerprint density at radius 2 is 1.72 bits per heavy atom. The van der Waals surface area contributed by atoms with Crippen molar-refractivity contribution in [2.24, 2.45) is 0 Å². The molecule has 2 N–H and O–H groups in total. The first-order valence-electron chi connectivity index (χ1n) is 12.9. The summed E-state index contributed by atoms with van der Waals surface area (Å²) in [6, 6.07) is 17.7. The summed E-state index contributed by atoms with van der Waals surface area (Å²) in [4.78, 5) is 15.5. The lowest BCUT2D eigenvalue weighted by molar-refractivity contribution is -0.125. The van der Waals surface area contributed by atoms with Crippen molar-refractivity contribution in [1.82, 2.24) is 15.5 Å². The smallest absolute Gasteiger partial charge is 0.237 e. The van der Waals surface area contributed by atoms with Crippen LogP contribution < -0.4 is 24.8 Å². The van der Waals surface area contributed by atoms with Crippen LogP contribution in [0.4, 0.5) is 4.39 Å². The van der Waals surface area contributed by atoms with Gasteiger partial charge in [-0.15, -0.1) is 0 Å². The van der Waals surface area contributed by atoms with E-state index in [-0.39, 0.29) is 23.8 Å². The number of carbonyl (C=O) groups is 1. The van der Waals surface area contributed by atoms with Crippen LogP contribution in [0.1, 0.15) is 23.1 Å². The van der Waals surface area contributed by atoms with Crippen molar-refractivity contribution >= 4 is 17.5 Å². The molecule has 3 aromatic rings. The van der Waals surface area contributed by atoms with Crippen molar-refractivity contribution < 1.29 is 23.4 Å². The van der Waals surface area contributed by atoms with Gasteiger partial charge in [-0.2, -0.15) is 0 Å². The van der Waals surface area contributed by atoms with E-state index in [9.17, 15) is 9.18 Å². The van der Waals surface area contributed by atoms with E-state index in [0.717, 1.165) is 11.1 Å². The average molecular weight is 556 g/mol. The molecule has 0 bridgehead atoms. The molecule has 0 radical (unpaired) electrons.